The lowest BCUT2D eigenvalue weighted by atomic mass is 9.89. The Balaban J connectivity index is 1.70. The van der Waals surface area contributed by atoms with Crippen molar-refractivity contribution < 1.29 is 28.1 Å². The van der Waals surface area contributed by atoms with Gasteiger partial charge in [0.1, 0.15) is 5.92 Å². The van der Waals surface area contributed by atoms with Crippen LogP contribution in [0.2, 0.25) is 0 Å². The Bertz CT molecular complexity index is 952. The Morgan fingerprint density at radius 3 is 2.81 bits per heavy atom. The first-order valence-electron chi connectivity index (χ1n) is 7.82. The molecule has 1 aromatic heterocycles. The highest BCUT2D eigenvalue weighted by molar-refractivity contribution is 8.14. The number of fused-ring (bicyclic) bond motifs is 1. The lowest BCUT2D eigenvalue weighted by Crippen LogP contribution is -2.46. The number of hydrogen-bond acceptors (Lipinski definition) is 7. The van der Waals surface area contributed by atoms with Crippen molar-refractivity contribution in [2.75, 3.05) is 17.2 Å². The number of carbonyl (C=O) groups excluding carboxylic acids is 4. The zero-order valence-corrected chi connectivity index (χ0v) is 14.1. The highest BCUT2D eigenvalue weighted by Crippen LogP contribution is 2.33. The number of benzene rings is 1. The molecule has 2 saturated heterocycles. The largest absolute Gasteiger partial charge is 0.351 e. The molecule has 4 rings (SSSR count). The normalized spacial score (nSPS) is 21.0. The molecule has 1 N–H and O–H groups in total. The number of halogens is 1. The Morgan fingerprint density at radius 2 is 2.12 bits per heavy atom. The summed E-state index contributed by atoms with van der Waals surface area (Å²) in [5.74, 6) is -2.78. The topological polar surface area (TPSA) is 110 Å². The van der Waals surface area contributed by atoms with Gasteiger partial charge >= 0.3 is 0 Å². The smallest absolute Gasteiger partial charge is 0.287 e. The summed E-state index contributed by atoms with van der Waals surface area (Å²) in [5.41, 5.74) is 0.282. The first kappa shape index (κ1) is 16.7. The number of Topliss-reactive ketones (excluding diaryl/α,β-unsaturated/α-hetero) is 1. The van der Waals surface area contributed by atoms with Gasteiger partial charge in [0, 0.05) is 12.3 Å². The number of rotatable bonds is 3. The molecule has 3 heterocycles. The maximum Gasteiger partial charge on any atom is 0.287 e. The van der Waals surface area contributed by atoms with E-state index in [4.69, 9.17) is 4.52 Å². The van der Waals surface area contributed by atoms with Gasteiger partial charge in [-0.2, -0.15) is 0 Å². The SMILES string of the molecule is O=C1CC(=O)C(Cc2cc(F)c3onc(N4CCSC4=O)c3c2)C(=O)N1. The van der Waals surface area contributed by atoms with E-state index in [0.717, 1.165) is 17.8 Å². The molecule has 1 atom stereocenters. The van der Waals surface area contributed by atoms with E-state index >= 15 is 0 Å². The third-order valence-corrected chi connectivity index (χ3v) is 5.18. The molecule has 0 spiro atoms. The van der Waals surface area contributed by atoms with Crippen LogP contribution in [0.4, 0.5) is 15.0 Å². The molecule has 2 aromatic rings. The molecular formula is C16H12FN3O5S. The van der Waals surface area contributed by atoms with Gasteiger partial charge in [0.05, 0.1) is 11.8 Å². The third kappa shape index (κ3) is 2.75. The van der Waals surface area contributed by atoms with Crippen LogP contribution >= 0.6 is 11.8 Å². The second-order valence-corrected chi connectivity index (χ2v) is 7.08. The molecule has 2 aliphatic heterocycles. The van der Waals surface area contributed by atoms with E-state index in [1.807, 2.05) is 0 Å². The maximum atomic E-state index is 14.4. The highest BCUT2D eigenvalue weighted by Gasteiger charge is 2.35. The number of anilines is 1. The van der Waals surface area contributed by atoms with Crippen molar-refractivity contribution >= 4 is 51.4 Å². The molecule has 0 saturated carbocycles. The number of nitrogens with one attached hydrogen (secondary N) is 1. The number of carbonyl (C=O) groups is 4. The minimum Gasteiger partial charge on any atom is -0.351 e. The van der Waals surface area contributed by atoms with Gasteiger partial charge in [-0.25, -0.2) is 4.39 Å². The molecule has 134 valence electrons. The van der Waals surface area contributed by atoms with Crippen molar-refractivity contribution in [3.8, 4) is 0 Å². The molecule has 0 radical (unpaired) electrons. The van der Waals surface area contributed by atoms with Gasteiger partial charge in [0.2, 0.25) is 17.4 Å². The minimum atomic E-state index is -1.06. The van der Waals surface area contributed by atoms with Gasteiger partial charge in [-0.1, -0.05) is 16.9 Å². The predicted octanol–water partition coefficient (Wildman–Crippen LogP) is 1.41. The minimum absolute atomic E-state index is 0.0574. The second-order valence-electron chi connectivity index (χ2n) is 6.04. The summed E-state index contributed by atoms with van der Waals surface area (Å²) in [6.07, 6.45) is -0.433. The fourth-order valence-electron chi connectivity index (χ4n) is 3.08. The lowest BCUT2D eigenvalue weighted by Gasteiger charge is -2.19. The predicted molar refractivity (Wildman–Crippen MR) is 89.1 cm³/mol. The molecule has 8 nitrogen and oxygen atoms in total. The maximum absolute atomic E-state index is 14.4. The summed E-state index contributed by atoms with van der Waals surface area (Å²) in [7, 11) is 0. The number of hydrogen-bond donors (Lipinski definition) is 1. The van der Waals surface area contributed by atoms with Gasteiger partial charge in [0.15, 0.2) is 17.4 Å². The number of nitrogens with zero attached hydrogens (tertiary/aromatic N) is 2. The molecule has 2 aliphatic rings. The van der Waals surface area contributed by atoms with Crippen molar-refractivity contribution in [3.05, 3.63) is 23.5 Å². The summed E-state index contributed by atoms with van der Waals surface area (Å²) < 4.78 is 19.4. The van der Waals surface area contributed by atoms with E-state index < -0.39 is 29.3 Å². The van der Waals surface area contributed by atoms with E-state index in [2.05, 4.69) is 10.5 Å². The van der Waals surface area contributed by atoms with Crippen LogP contribution in [-0.4, -0.2) is 40.3 Å². The number of ketones is 1. The molecule has 1 unspecified atom stereocenters. The van der Waals surface area contributed by atoms with Crippen LogP contribution in [-0.2, 0) is 20.8 Å². The van der Waals surface area contributed by atoms with E-state index in [1.165, 1.54) is 4.90 Å². The average molecular weight is 377 g/mol. The Labute approximate surface area is 150 Å². The monoisotopic (exact) mass is 377 g/mol. The molecule has 3 amide bonds. The van der Waals surface area contributed by atoms with Crippen molar-refractivity contribution in [2.24, 2.45) is 5.92 Å². The Morgan fingerprint density at radius 1 is 1.31 bits per heavy atom. The third-order valence-electron chi connectivity index (χ3n) is 4.33. The zero-order valence-electron chi connectivity index (χ0n) is 13.3. The van der Waals surface area contributed by atoms with E-state index in [0.29, 0.717) is 23.2 Å². The highest BCUT2D eigenvalue weighted by atomic mass is 32.2. The number of amides is 3. The summed E-state index contributed by atoms with van der Waals surface area (Å²) in [5, 5.41) is 6.01. The van der Waals surface area contributed by atoms with E-state index in [9.17, 15) is 23.6 Å². The number of thioether (sulfide) groups is 1. The fraction of sp³-hybridized carbons (Fsp3) is 0.312. The van der Waals surface area contributed by atoms with E-state index in [-0.39, 0.29) is 29.5 Å². The summed E-state index contributed by atoms with van der Waals surface area (Å²) in [6, 6.07) is 2.71. The van der Waals surface area contributed by atoms with Gasteiger partial charge in [-0.05, 0) is 24.1 Å². The van der Waals surface area contributed by atoms with Crippen LogP contribution in [0.1, 0.15) is 12.0 Å². The summed E-state index contributed by atoms with van der Waals surface area (Å²) in [4.78, 5) is 48.4. The van der Waals surface area contributed by atoms with Crippen LogP contribution in [0.5, 0.6) is 0 Å². The Kier molecular flexibility index (Phi) is 3.98. The van der Waals surface area contributed by atoms with Crippen molar-refractivity contribution in [1.82, 2.24) is 10.5 Å². The number of piperidine rings is 1. The first-order valence-corrected chi connectivity index (χ1v) is 8.81. The van der Waals surface area contributed by atoms with Gasteiger partial charge in [-0.15, -0.1) is 0 Å². The van der Waals surface area contributed by atoms with Crippen LogP contribution in [0, 0.1) is 11.7 Å². The number of aromatic nitrogens is 1. The number of imide groups is 1. The summed E-state index contributed by atoms with van der Waals surface area (Å²) >= 11 is 1.13. The Hall–Kier alpha value is -2.75. The van der Waals surface area contributed by atoms with Crippen molar-refractivity contribution in [3.63, 3.8) is 0 Å². The fourth-order valence-corrected chi connectivity index (χ4v) is 3.87. The molecule has 0 aliphatic carbocycles. The van der Waals surface area contributed by atoms with Gasteiger partial charge in [-0.3, -0.25) is 29.4 Å². The van der Waals surface area contributed by atoms with Crippen LogP contribution in [0.3, 0.4) is 0 Å². The van der Waals surface area contributed by atoms with Crippen molar-refractivity contribution in [2.45, 2.75) is 12.8 Å². The van der Waals surface area contributed by atoms with Crippen LogP contribution in [0.25, 0.3) is 11.0 Å². The van der Waals surface area contributed by atoms with Crippen LogP contribution < -0.4 is 10.2 Å². The van der Waals surface area contributed by atoms with E-state index in [1.54, 1.807) is 6.07 Å². The van der Waals surface area contributed by atoms with Gasteiger partial charge in [0.25, 0.3) is 5.24 Å². The van der Waals surface area contributed by atoms with Crippen molar-refractivity contribution in [1.29, 1.82) is 0 Å². The second kappa shape index (κ2) is 6.20. The molecule has 1 aromatic carbocycles. The zero-order chi connectivity index (χ0) is 18.4. The lowest BCUT2D eigenvalue weighted by molar-refractivity contribution is -0.143. The quantitative estimate of drug-likeness (QED) is 0.636. The molecular weight excluding hydrogens is 365 g/mol. The van der Waals surface area contributed by atoms with Gasteiger partial charge < -0.3 is 4.52 Å². The first-order chi connectivity index (χ1) is 12.4. The standard InChI is InChI=1S/C16H12FN3O5S/c17-10-5-7(3-8-11(21)6-12(22)18-15(8)23)4-9-13(10)25-19-14(9)20-1-2-26-16(20)24/h4-5,8H,1-3,6H2,(H,18,22,23). The summed E-state index contributed by atoms with van der Waals surface area (Å²) in [6.45, 7) is 0.433. The van der Waals surface area contributed by atoms with Crippen LogP contribution in [0.15, 0.2) is 16.7 Å². The molecule has 26 heavy (non-hydrogen) atoms. The average Bonchev–Trinajstić information content (AvgIpc) is 3.17. The molecule has 0 bridgehead atoms. The molecule has 2 fully saturated rings. The molecule has 10 heteroatoms.